The van der Waals surface area contributed by atoms with Crippen LogP contribution >= 0.6 is 10.9 Å². The summed E-state index contributed by atoms with van der Waals surface area (Å²) in [5.74, 6) is -3.32. The van der Waals surface area contributed by atoms with Gasteiger partial charge in [-0.15, -0.1) is 0 Å². The van der Waals surface area contributed by atoms with E-state index >= 15 is 0 Å². The van der Waals surface area contributed by atoms with Crippen molar-refractivity contribution < 1.29 is 17.9 Å². The van der Waals surface area contributed by atoms with Gasteiger partial charge in [-0.25, -0.2) is 13.2 Å². The van der Waals surface area contributed by atoms with Gasteiger partial charge < -0.3 is 4.74 Å². The normalized spacial score (nSPS) is 13.1. The molecule has 5 heteroatoms. The maximum atomic E-state index is 13.4. The van der Waals surface area contributed by atoms with Crippen LogP contribution < -0.4 is 4.74 Å². The lowest BCUT2D eigenvalue weighted by atomic mass is 10.1. The van der Waals surface area contributed by atoms with Gasteiger partial charge in [0.2, 0.25) is 0 Å². The highest BCUT2D eigenvalue weighted by Crippen LogP contribution is 2.62. The molecular weight excluding hydrogens is 405 g/mol. The topological polar surface area (TPSA) is 9.23 Å². The number of halogens is 3. The fourth-order valence-electron chi connectivity index (χ4n) is 3.75. The molecule has 4 aromatic rings. The van der Waals surface area contributed by atoms with E-state index in [9.17, 15) is 13.2 Å². The van der Waals surface area contributed by atoms with Crippen LogP contribution in [0.25, 0.3) is 11.1 Å². The molecule has 30 heavy (non-hydrogen) atoms. The molecule has 4 aromatic carbocycles. The average Bonchev–Trinajstić information content (AvgIpc) is 3.11. The van der Waals surface area contributed by atoms with E-state index in [0.717, 1.165) is 12.1 Å². The Morgan fingerprint density at radius 2 is 1.20 bits per heavy atom. The molecule has 1 heterocycles. The van der Waals surface area contributed by atoms with Crippen molar-refractivity contribution in [3.05, 3.63) is 108 Å². The number of thiol groups is 1. The molecule has 0 atom stereocenters. The quantitative estimate of drug-likeness (QED) is 0.239. The number of hydrogen-bond acceptors (Lipinski definition) is 1. The molecule has 0 bridgehead atoms. The Balaban J connectivity index is 1.39. The summed E-state index contributed by atoms with van der Waals surface area (Å²) in [5.41, 5.74) is 2.79. The van der Waals surface area contributed by atoms with Gasteiger partial charge in [-0.2, -0.15) is 10.9 Å². The molecule has 1 aliphatic heterocycles. The van der Waals surface area contributed by atoms with Gasteiger partial charge in [0.1, 0.15) is 12.4 Å². The lowest BCUT2D eigenvalue weighted by Gasteiger charge is -2.19. The standard InChI is InChI=1S/C25H17F3OS/c26-21-13-16(14-22(27)25(21)28)15-29-17-9-11-18(12-10-17)30-23-7-3-1-5-19(23)20-6-2-4-8-24(20)30/h1-14,30H,15H2. The highest BCUT2D eigenvalue weighted by atomic mass is 32.2. The van der Waals surface area contributed by atoms with E-state index in [0.29, 0.717) is 5.75 Å². The molecule has 0 unspecified atom stereocenters. The first-order valence-corrected chi connectivity index (χ1v) is 10.8. The van der Waals surface area contributed by atoms with Crippen molar-refractivity contribution in [2.24, 2.45) is 0 Å². The summed E-state index contributed by atoms with van der Waals surface area (Å²) in [6.45, 7) is -0.0477. The Hall–Kier alpha value is -3.18. The van der Waals surface area contributed by atoms with E-state index in [1.165, 1.54) is 25.8 Å². The minimum Gasteiger partial charge on any atom is -0.489 e. The van der Waals surface area contributed by atoms with Gasteiger partial charge >= 0.3 is 0 Å². The number of benzene rings is 4. The number of rotatable bonds is 4. The molecule has 5 rings (SSSR count). The molecule has 0 amide bonds. The monoisotopic (exact) mass is 422 g/mol. The predicted octanol–water partition coefficient (Wildman–Crippen LogP) is 7.14. The van der Waals surface area contributed by atoms with Crippen LogP contribution in [0.1, 0.15) is 5.56 Å². The molecule has 0 fully saturated rings. The van der Waals surface area contributed by atoms with Gasteiger partial charge in [0.15, 0.2) is 17.5 Å². The van der Waals surface area contributed by atoms with Crippen LogP contribution in [0.3, 0.4) is 0 Å². The summed E-state index contributed by atoms with van der Waals surface area (Å²) in [7, 11) is -0.646. The fourth-order valence-corrected chi connectivity index (χ4v) is 6.36. The fraction of sp³-hybridized carbons (Fsp3) is 0.0400. The summed E-state index contributed by atoms with van der Waals surface area (Å²) >= 11 is 0. The smallest absolute Gasteiger partial charge is 0.194 e. The summed E-state index contributed by atoms with van der Waals surface area (Å²) in [4.78, 5) is 3.87. The molecule has 0 N–H and O–H groups in total. The zero-order chi connectivity index (χ0) is 20.7. The van der Waals surface area contributed by atoms with Crippen molar-refractivity contribution in [1.82, 2.24) is 0 Å². The first-order chi connectivity index (χ1) is 14.6. The van der Waals surface area contributed by atoms with E-state index in [1.807, 2.05) is 24.3 Å². The van der Waals surface area contributed by atoms with Gasteiger partial charge in [-0.05, 0) is 70.1 Å². The van der Waals surface area contributed by atoms with E-state index in [1.54, 1.807) is 0 Å². The maximum Gasteiger partial charge on any atom is 0.194 e. The third-order valence-corrected chi connectivity index (χ3v) is 7.68. The molecule has 0 saturated carbocycles. The lowest BCUT2D eigenvalue weighted by Crippen LogP contribution is -1.99. The second-order valence-corrected chi connectivity index (χ2v) is 9.18. The SMILES string of the molecule is Fc1cc(COc2ccc([SH]3c4ccccc4-c4ccccc43)cc2)cc(F)c1F. The summed E-state index contributed by atoms with van der Waals surface area (Å²) in [6.07, 6.45) is 0. The van der Waals surface area contributed by atoms with Crippen molar-refractivity contribution in [2.75, 3.05) is 0 Å². The molecule has 0 saturated heterocycles. The van der Waals surface area contributed by atoms with Crippen LogP contribution in [0, 0.1) is 17.5 Å². The summed E-state index contributed by atoms with van der Waals surface area (Å²) in [6, 6.07) is 26.6. The lowest BCUT2D eigenvalue weighted by molar-refractivity contribution is 0.303. The van der Waals surface area contributed by atoms with Crippen LogP contribution in [0.5, 0.6) is 5.75 Å². The number of ether oxygens (including phenoxy) is 1. The van der Waals surface area contributed by atoms with E-state index in [2.05, 4.69) is 48.5 Å². The third kappa shape index (κ3) is 3.25. The van der Waals surface area contributed by atoms with Gasteiger partial charge in [0, 0.05) is 9.79 Å². The highest BCUT2D eigenvalue weighted by Gasteiger charge is 2.26. The van der Waals surface area contributed by atoms with Gasteiger partial charge in [-0.3, -0.25) is 0 Å². The highest BCUT2D eigenvalue weighted by molar-refractivity contribution is 8.17. The van der Waals surface area contributed by atoms with E-state index in [4.69, 9.17) is 4.74 Å². The second kappa shape index (κ2) is 7.58. The summed E-state index contributed by atoms with van der Waals surface area (Å²) in [5, 5.41) is 0. The van der Waals surface area contributed by atoms with Crippen LogP contribution in [0.2, 0.25) is 0 Å². The van der Waals surface area contributed by atoms with Crippen LogP contribution in [-0.4, -0.2) is 0 Å². The van der Waals surface area contributed by atoms with E-state index < -0.39 is 28.3 Å². The first-order valence-electron chi connectivity index (χ1n) is 9.46. The molecule has 1 aliphatic rings. The average molecular weight is 422 g/mol. The Morgan fingerprint density at radius 1 is 0.667 bits per heavy atom. The van der Waals surface area contributed by atoms with Gasteiger partial charge in [0.05, 0.1) is 0 Å². The Bertz CT molecular complexity index is 1170. The van der Waals surface area contributed by atoms with Crippen LogP contribution in [0.15, 0.2) is 99.6 Å². The minimum absolute atomic E-state index is 0.0477. The van der Waals surface area contributed by atoms with Gasteiger partial charge in [0.25, 0.3) is 0 Å². The molecule has 0 aliphatic carbocycles. The first kappa shape index (κ1) is 18.8. The second-order valence-electron chi connectivity index (χ2n) is 7.03. The molecule has 0 aromatic heterocycles. The maximum absolute atomic E-state index is 13.4. The predicted molar refractivity (Wildman–Crippen MR) is 113 cm³/mol. The molecule has 0 spiro atoms. The van der Waals surface area contributed by atoms with Crippen molar-refractivity contribution >= 4 is 10.9 Å². The Morgan fingerprint density at radius 3 is 1.77 bits per heavy atom. The zero-order valence-corrected chi connectivity index (χ0v) is 16.7. The van der Waals surface area contributed by atoms with Crippen molar-refractivity contribution in [2.45, 2.75) is 21.3 Å². The number of hydrogen-bond donors (Lipinski definition) is 1. The zero-order valence-electron chi connectivity index (χ0n) is 15.8. The van der Waals surface area contributed by atoms with Gasteiger partial charge in [-0.1, -0.05) is 36.4 Å². The van der Waals surface area contributed by atoms with Crippen molar-refractivity contribution in [3.63, 3.8) is 0 Å². The molecule has 150 valence electrons. The Labute approximate surface area is 175 Å². The third-order valence-electron chi connectivity index (χ3n) is 5.12. The molecular formula is C25H17F3OS. The van der Waals surface area contributed by atoms with Crippen molar-refractivity contribution in [3.8, 4) is 16.9 Å². The summed E-state index contributed by atoms with van der Waals surface area (Å²) < 4.78 is 45.5. The molecule has 1 nitrogen and oxygen atoms in total. The van der Waals surface area contributed by atoms with E-state index in [-0.39, 0.29) is 12.2 Å². The van der Waals surface area contributed by atoms with Crippen molar-refractivity contribution in [1.29, 1.82) is 0 Å². The number of fused-ring (bicyclic) bond motifs is 3. The molecule has 0 radical (unpaired) electrons. The largest absolute Gasteiger partial charge is 0.489 e. The Kier molecular flexibility index (Phi) is 4.75. The van der Waals surface area contributed by atoms with Crippen LogP contribution in [-0.2, 0) is 6.61 Å². The van der Waals surface area contributed by atoms with Crippen LogP contribution in [0.4, 0.5) is 13.2 Å². The minimum atomic E-state index is -1.47.